The minimum atomic E-state index is 0.769. The maximum atomic E-state index is 5.97. The van der Waals surface area contributed by atoms with Crippen LogP contribution in [0.15, 0.2) is 34.8 Å². The lowest BCUT2D eigenvalue weighted by Crippen LogP contribution is -1.75. The van der Waals surface area contributed by atoms with Crippen LogP contribution in [0.25, 0.3) is 5.03 Å². The molecule has 0 saturated heterocycles. The minimum absolute atomic E-state index is 0.769. The van der Waals surface area contributed by atoms with Crippen molar-refractivity contribution in [1.29, 1.82) is 0 Å². The summed E-state index contributed by atoms with van der Waals surface area (Å²) in [4.78, 5) is 0. The van der Waals surface area contributed by atoms with Gasteiger partial charge in [-0.3, -0.25) is 0 Å². The lowest BCUT2D eigenvalue weighted by Gasteiger charge is -1.98. The quantitative estimate of drug-likeness (QED) is 0.685. The summed E-state index contributed by atoms with van der Waals surface area (Å²) in [6.45, 7) is 1.93. The Kier molecular flexibility index (Phi) is 3.16. The maximum absolute atomic E-state index is 5.97. The van der Waals surface area contributed by atoms with Crippen LogP contribution in [0.1, 0.15) is 12.5 Å². The average Bonchev–Trinajstić information content (AvgIpc) is 2.05. The first kappa shape index (κ1) is 8.82. The van der Waals surface area contributed by atoms with E-state index in [2.05, 4.69) is 15.9 Å². The summed E-state index contributed by atoms with van der Waals surface area (Å²) >= 11 is 9.30. The van der Waals surface area contributed by atoms with E-state index in [1.54, 1.807) is 0 Å². The Morgan fingerprint density at radius 1 is 1.27 bits per heavy atom. The van der Waals surface area contributed by atoms with Gasteiger partial charge in [0.15, 0.2) is 0 Å². The largest absolute Gasteiger partial charge is 0.0828 e. The molecule has 0 aromatic heterocycles. The van der Waals surface area contributed by atoms with E-state index in [4.69, 9.17) is 11.6 Å². The molecule has 0 amide bonds. The van der Waals surface area contributed by atoms with Crippen LogP contribution < -0.4 is 0 Å². The van der Waals surface area contributed by atoms with Crippen LogP contribution in [0.5, 0.6) is 0 Å². The topological polar surface area (TPSA) is 0 Å². The number of allylic oxidation sites excluding steroid dienone is 1. The van der Waals surface area contributed by atoms with Gasteiger partial charge in [-0.25, -0.2) is 0 Å². The molecule has 1 aromatic carbocycles. The van der Waals surface area contributed by atoms with Crippen molar-refractivity contribution in [3.8, 4) is 0 Å². The van der Waals surface area contributed by atoms with E-state index < -0.39 is 0 Å². The van der Waals surface area contributed by atoms with Gasteiger partial charge in [-0.05, 0) is 12.5 Å². The van der Waals surface area contributed by atoms with Gasteiger partial charge < -0.3 is 0 Å². The minimum Gasteiger partial charge on any atom is -0.0828 e. The second kappa shape index (κ2) is 3.93. The highest BCUT2D eigenvalue weighted by Gasteiger charge is 1.97. The first-order valence-electron chi connectivity index (χ1n) is 3.29. The van der Waals surface area contributed by atoms with Crippen LogP contribution in [0.2, 0.25) is 0 Å². The summed E-state index contributed by atoms with van der Waals surface area (Å²) in [6, 6.07) is 9.86. The molecule has 0 saturated carbocycles. The van der Waals surface area contributed by atoms with Gasteiger partial charge in [0.1, 0.15) is 0 Å². The first-order chi connectivity index (χ1) is 5.22. The van der Waals surface area contributed by atoms with Crippen molar-refractivity contribution < 1.29 is 0 Å². The van der Waals surface area contributed by atoms with Crippen molar-refractivity contribution in [2.24, 2.45) is 0 Å². The Bertz CT molecular complexity index is 260. The standard InChI is InChI=1S/C9H8BrCl/c1-7(10)9(11)8-5-3-2-4-6-8/h2-6H,1H3. The van der Waals surface area contributed by atoms with Crippen LogP contribution >= 0.6 is 27.5 Å². The Morgan fingerprint density at radius 2 is 1.82 bits per heavy atom. The number of hydrogen-bond acceptors (Lipinski definition) is 0. The van der Waals surface area contributed by atoms with Gasteiger partial charge in [-0.2, -0.15) is 0 Å². The third-order valence-electron chi connectivity index (χ3n) is 1.33. The highest BCUT2D eigenvalue weighted by Crippen LogP contribution is 2.25. The van der Waals surface area contributed by atoms with Crippen molar-refractivity contribution in [2.45, 2.75) is 6.92 Å². The van der Waals surface area contributed by atoms with Crippen molar-refractivity contribution in [3.05, 3.63) is 40.4 Å². The summed E-state index contributed by atoms with van der Waals surface area (Å²) in [7, 11) is 0. The Morgan fingerprint density at radius 3 is 2.27 bits per heavy atom. The van der Waals surface area contributed by atoms with Gasteiger partial charge >= 0.3 is 0 Å². The van der Waals surface area contributed by atoms with E-state index in [-0.39, 0.29) is 0 Å². The molecule has 0 aliphatic rings. The molecule has 1 aromatic rings. The molecule has 2 heteroatoms. The molecule has 0 heterocycles. The molecule has 0 radical (unpaired) electrons. The van der Waals surface area contributed by atoms with Crippen LogP contribution in [-0.2, 0) is 0 Å². The molecule has 0 fully saturated rings. The van der Waals surface area contributed by atoms with E-state index in [0.29, 0.717) is 0 Å². The predicted molar refractivity (Wildman–Crippen MR) is 53.8 cm³/mol. The monoisotopic (exact) mass is 230 g/mol. The summed E-state index contributed by atoms with van der Waals surface area (Å²) in [5.41, 5.74) is 1.04. The lowest BCUT2D eigenvalue weighted by molar-refractivity contribution is 1.62. The van der Waals surface area contributed by atoms with Crippen LogP contribution in [0, 0.1) is 0 Å². The molecule has 0 bridgehead atoms. The first-order valence-corrected chi connectivity index (χ1v) is 4.46. The van der Waals surface area contributed by atoms with Crippen molar-refractivity contribution >= 4 is 32.6 Å². The zero-order chi connectivity index (χ0) is 8.27. The van der Waals surface area contributed by atoms with E-state index in [1.807, 2.05) is 37.3 Å². The fraction of sp³-hybridized carbons (Fsp3) is 0.111. The highest BCUT2D eigenvalue weighted by atomic mass is 79.9. The zero-order valence-corrected chi connectivity index (χ0v) is 8.48. The summed E-state index contributed by atoms with van der Waals surface area (Å²) in [5.74, 6) is 0. The average molecular weight is 232 g/mol. The van der Waals surface area contributed by atoms with E-state index in [0.717, 1.165) is 15.1 Å². The molecule has 0 nitrogen and oxygen atoms in total. The molecule has 0 unspecified atom stereocenters. The normalized spacial score (nSPS) is 12.6. The van der Waals surface area contributed by atoms with E-state index in [9.17, 15) is 0 Å². The molecule has 1 rings (SSSR count). The zero-order valence-electron chi connectivity index (χ0n) is 6.14. The van der Waals surface area contributed by atoms with Gasteiger partial charge in [0, 0.05) is 4.48 Å². The van der Waals surface area contributed by atoms with Gasteiger partial charge in [0.2, 0.25) is 0 Å². The molecule has 0 atom stereocenters. The molecule has 0 N–H and O–H groups in total. The van der Waals surface area contributed by atoms with Crippen molar-refractivity contribution in [3.63, 3.8) is 0 Å². The lowest BCUT2D eigenvalue weighted by atomic mass is 10.2. The second-order valence-electron chi connectivity index (χ2n) is 2.21. The highest BCUT2D eigenvalue weighted by molar-refractivity contribution is 9.11. The number of benzene rings is 1. The van der Waals surface area contributed by atoms with E-state index >= 15 is 0 Å². The van der Waals surface area contributed by atoms with Gasteiger partial charge in [0.05, 0.1) is 5.03 Å². The smallest absolute Gasteiger partial charge is 0.0576 e. The summed E-state index contributed by atoms with van der Waals surface area (Å²) in [6.07, 6.45) is 0. The number of hydrogen-bond donors (Lipinski definition) is 0. The van der Waals surface area contributed by atoms with Crippen LogP contribution in [0.3, 0.4) is 0 Å². The SMILES string of the molecule is CC(Br)=C(Cl)c1ccccc1. The Hall–Kier alpha value is -0.270. The third-order valence-corrected chi connectivity index (χ3v) is 2.46. The third kappa shape index (κ3) is 2.35. The molecular weight excluding hydrogens is 223 g/mol. The van der Waals surface area contributed by atoms with Crippen LogP contribution in [-0.4, -0.2) is 0 Å². The summed E-state index contributed by atoms with van der Waals surface area (Å²) < 4.78 is 0.963. The van der Waals surface area contributed by atoms with Gasteiger partial charge in [0.25, 0.3) is 0 Å². The molecule has 0 spiro atoms. The number of rotatable bonds is 1. The van der Waals surface area contributed by atoms with Crippen molar-refractivity contribution in [2.75, 3.05) is 0 Å². The van der Waals surface area contributed by atoms with Crippen molar-refractivity contribution in [1.82, 2.24) is 0 Å². The molecule has 0 aliphatic heterocycles. The van der Waals surface area contributed by atoms with Crippen LogP contribution in [0.4, 0.5) is 0 Å². The fourth-order valence-corrected chi connectivity index (χ4v) is 1.14. The molecule has 0 aliphatic carbocycles. The van der Waals surface area contributed by atoms with Gasteiger partial charge in [-0.1, -0.05) is 57.9 Å². The number of halogens is 2. The Balaban J connectivity index is 3.04. The second-order valence-corrected chi connectivity index (χ2v) is 3.78. The fourth-order valence-electron chi connectivity index (χ4n) is 0.783. The predicted octanol–water partition coefficient (Wildman–Crippen LogP) is 4.01. The van der Waals surface area contributed by atoms with Gasteiger partial charge in [-0.15, -0.1) is 0 Å². The maximum Gasteiger partial charge on any atom is 0.0576 e. The summed E-state index contributed by atoms with van der Waals surface area (Å²) in [5, 5.41) is 0.769. The van der Waals surface area contributed by atoms with E-state index in [1.165, 1.54) is 0 Å². The Labute approximate surface area is 80.0 Å². The molecule has 58 valence electrons. The molecular formula is C9H8BrCl. The molecule has 11 heavy (non-hydrogen) atoms.